The Morgan fingerprint density at radius 3 is 2.29 bits per heavy atom. The first-order valence-corrected chi connectivity index (χ1v) is 21.9. The normalized spacial score (nSPS) is 22.3. The number of hydrogen-bond donors (Lipinski definition) is 3. The summed E-state index contributed by atoms with van der Waals surface area (Å²) >= 11 is 0. The van der Waals surface area contributed by atoms with Crippen molar-refractivity contribution >= 4 is 5.78 Å². The molecule has 7 nitrogen and oxygen atoms in total. The van der Waals surface area contributed by atoms with Gasteiger partial charge in [0.05, 0.1) is 31.0 Å². The molecule has 5 aromatic rings. The summed E-state index contributed by atoms with van der Waals surface area (Å²) in [4.78, 5) is 17.1. The molecular weight excluding hydrogens is 804 g/mol. The molecule has 3 N–H and O–H groups in total. The molecule has 0 radical (unpaired) electrons. The SMILES string of the molecule is CC1=CCC[C@@]2(C)[C@@H](CC[C@@]2(O)CN(Cc2ccc(OC(F)(F)F)cc2)C[C@@H](O)COCc2ccccc2)c2ccc(cc2C(=O)c2ccccc2-c2ccccc2)C[C@@H](O)CC1. The van der Waals surface area contributed by atoms with Crippen molar-refractivity contribution in [2.45, 2.75) is 102 Å². The van der Waals surface area contributed by atoms with E-state index in [1.54, 1.807) is 12.1 Å². The maximum Gasteiger partial charge on any atom is 0.573 e. The lowest BCUT2D eigenvalue weighted by Crippen LogP contribution is -2.53. The van der Waals surface area contributed by atoms with Gasteiger partial charge in [0.2, 0.25) is 0 Å². The number of halogens is 3. The summed E-state index contributed by atoms with van der Waals surface area (Å²) in [7, 11) is 0. The zero-order valence-electron chi connectivity index (χ0n) is 36.1. The van der Waals surface area contributed by atoms with Crippen LogP contribution in [0.1, 0.15) is 96.5 Å². The van der Waals surface area contributed by atoms with E-state index in [9.17, 15) is 28.5 Å². The third-order valence-electron chi connectivity index (χ3n) is 13.1. The van der Waals surface area contributed by atoms with Crippen LogP contribution in [0.2, 0.25) is 0 Å². The predicted molar refractivity (Wildman–Crippen MR) is 239 cm³/mol. The lowest BCUT2D eigenvalue weighted by atomic mass is 9.64. The minimum absolute atomic E-state index is 0.0309. The molecule has 5 aromatic carbocycles. The molecule has 63 heavy (non-hydrogen) atoms. The second-order valence-corrected chi connectivity index (χ2v) is 17.7. The number of ketones is 1. The van der Waals surface area contributed by atoms with E-state index < -0.39 is 29.6 Å². The van der Waals surface area contributed by atoms with Crippen LogP contribution in [-0.2, 0) is 24.3 Å². The summed E-state index contributed by atoms with van der Waals surface area (Å²) in [5.41, 5.74) is 5.28. The highest BCUT2D eigenvalue weighted by Crippen LogP contribution is 2.59. The maximum atomic E-state index is 15.1. The van der Waals surface area contributed by atoms with Crippen LogP contribution in [-0.4, -0.2) is 69.9 Å². The fourth-order valence-electron chi connectivity index (χ4n) is 9.74. The molecule has 0 spiro atoms. The second-order valence-electron chi connectivity index (χ2n) is 17.7. The Balaban J connectivity index is 1.24. The molecule has 1 fully saturated rings. The van der Waals surface area contributed by atoms with E-state index in [1.807, 2.05) is 108 Å². The summed E-state index contributed by atoms with van der Waals surface area (Å²) in [6, 6.07) is 38.7. The predicted octanol–water partition coefficient (Wildman–Crippen LogP) is 10.6. The molecule has 3 aliphatic carbocycles. The number of fused-ring (bicyclic) bond motifs is 8. The molecule has 0 aliphatic heterocycles. The van der Waals surface area contributed by atoms with E-state index in [0.29, 0.717) is 68.2 Å². The van der Waals surface area contributed by atoms with Crippen LogP contribution in [0.25, 0.3) is 11.1 Å². The van der Waals surface area contributed by atoms with Gasteiger partial charge in [0, 0.05) is 36.2 Å². The molecule has 0 saturated heterocycles. The number of aliphatic hydroxyl groups is 3. The van der Waals surface area contributed by atoms with Crippen LogP contribution in [0.4, 0.5) is 13.2 Å². The van der Waals surface area contributed by atoms with Gasteiger partial charge >= 0.3 is 6.36 Å². The smallest absolute Gasteiger partial charge is 0.406 e. The van der Waals surface area contributed by atoms with Crippen LogP contribution in [0, 0.1) is 5.41 Å². The first-order chi connectivity index (χ1) is 30.2. The fourth-order valence-corrected chi connectivity index (χ4v) is 9.74. The van der Waals surface area contributed by atoms with Crippen molar-refractivity contribution in [2.75, 3.05) is 19.7 Å². The minimum atomic E-state index is -4.83. The number of carbonyl (C=O) groups excluding carboxylic acids is 1. The van der Waals surface area contributed by atoms with Gasteiger partial charge < -0.3 is 24.8 Å². The van der Waals surface area contributed by atoms with Crippen LogP contribution in [0.3, 0.4) is 0 Å². The quantitative estimate of drug-likeness (QED) is 0.0755. The number of allylic oxidation sites excluding steroid dienone is 2. The van der Waals surface area contributed by atoms with Crippen molar-refractivity contribution in [3.63, 3.8) is 0 Å². The molecule has 0 unspecified atom stereocenters. The maximum absolute atomic E-state index is 15.1. The van der Waals surface area contributed by atoms with Gasteiger partial charge in [-0.3, -0.25) is 9.69 Å². The van der Waals surface area contributed by atoms with Crippen LogP contribution in [0.5, 0.6) is 5.75 Å². The molecule has 10 heteroatoms. The van der Waals surface area contributed by atoms with Crippen LogP contribution >= 0.6 is 0 Å². The number of nitrogens with zero attached hydrogens (tertiary/aromatic N) is 1. The number of benzene rings is 5. The number of aliphatic hydroxyl groups excluding tert-OH is 2. The standard InChI is InChI=1S/C53H58F3NO6/c1-37-12-11-28-51(2)49(46-26-22-40(30-42(58)23-19-37)31-48(46)50(60)47-18-10-9-17-45(47)41-15-7-4-8-16-41)27-29-52(51,61)36-57(32-38-20-24-44(25-21-38)63-53(54,55)56)33-43(59)35-62-34-39-13-5-3-6-14-39/h3-10,12-18,20-22,24-26,31,42-43,49,58-59,61H,11,19,23,27-30,32-36H2,1-2H3/t42-,43+,49-,51-,52+/m0/s1. The van der Waals surface area contributed by atoms with Gasteiger partial charge in [0.25, 0.3) is 0 Å². The molecule has 1 saturated carbocycles. The molecule has 0 amide bonds. The van der Waals surface area contributed by atoms with Gasteiger partial charge in [-0.1, -0.05) is 128 Å². The van der Waals surface area contributed by atoms with Gasteiger partial charge in [-0.05, 0) is 109 Å². The molecule has 0 heterocycles. The molecule has 0 aromatic heterocycles. The Bertz CT molecular complexity index is 2320. The van der Waals surface area contributed by atoms with E-state index in [4.69, 9.17) is 4.74 Å². The van der Waals surface area contributed by atoms with Crippen molar-refractivity contribution in [1.29, 1.82) is 0 Å². The number of alkyl halides is 3. The molecule has 3 aliphatic rings. The monoisotopic (exact) mass is 861 g/mol. The van der Waals surface area contributed by atoms with Gasteiger partial charge in [0.1, 0.15) is 5.75 Å². The lowest BCUT2D eigenvalue weighted by molar-refractivity contribution is -0.274. The van der Waals surface area contributed by atoms with Gasteiger partial charge in [-0.2, -0.15) is 0 Å². The van der Waals surface area contributed by atoms with Gasteiger partial charge in [0.15, 0.2) is 5.78 Å². The Labute approximate surface area is 368 Å². The van der Waals surface area contributed by atoms with Crippen LogP contribution < -0.4 is 4.74 Å². The fraction of sp³-hybridized carbons (Fsp3) is 0.377. The average molecular weight is 862 g/mol. The average Bonchev–Trinajstić information content (AvgIpc) is 3.51. The minimum Gasteiger partial charge on any atom is -0.406 e. The van der Waals surface area contributed by atoms with E-state index in [-0.39, 0.29) is 43.7 Å². The third-order valence-corrected chi connectivity index (χ3v) is 13.1. The first kappa shape index (κ1) is 45.9. The van der Waals surface area contributed by atoms with E-state index in [0.717, 1.165) is 33.4 Å². The number of hydrogen-bond acceptors (Lipinski definition) is 7. The van der Waals surface area contributed by atoms with Crippen molar-refractivity contribution in [2.24, 2.45) is 5.41 Å². The first-order valence-electron chi connectivity index (χ1n) is 21.9. The zero-order chi connectivity index (χ0) is 44.6. The topological polar surface area (TPSA) is 99.5 Å². The third kappa shape index (κ3) is 11.5. The highest BCUT2D eigenvalue weighted by Gasteiger charge is 2.57. The number of carbonyl (C=O) groups is 1. The molecule has 5 atom stereocenters. The summed E-state index contributed by atoms with van der Waals surface area (Å²) in [6.07, 6.45) is -0.241. The Kier molecular flexibility index (Phi) is 14.7. The van der Waals surface area contributed by atoms with E-state index in [2.05, 4.69) is 24.7 Å². The van der Waals surface area contributed by atoms with Gasteiger partial charge in [-0.15, -0.1) is 13.2 Å². The lowest BCUT2D eigenvalue weighted by Gasteiger charge is -2.46. The molecule has 8 rings (SSSR count). The zero-order valence-corrected chi connectivity index (χ0v) is 36.1. The summed E-state index contributed by atoms with van der Waals surface area (Å²) < 4.78 is 49.1. The van der Waals surface area contributed by atoms with Gasteiger partial charge in [-0.25, -0.2) is 0 Å². The Hall–Kier alpha value is -5.10. The van der Waals surface area contributed by atoms with Crippen molar-refractivity contribution in [3.8, 4) is 16.9 Å². The molecular formula is C53H58F3NO6. The number of ether oxygens (including phenoxy) is 2. The van der Waals surface area contributed by atoms with Crippen molar-refractivity contribution in [1.82, 2.24) is 4.90 Å². The van der Waals surface area contributed by atoms with Crippen molar-refractivity contribution in [3.05, 3.63) is 172 Å². The second kappa shape index (κ2) is 20.2. The summed E-state index contributed by atoms with van der Waals surface area (Å²) in [5, 5.41) is 35.8. The molecule has 332 valence electrons. The Morgan fingerprint density at radius 2 is 1.56 bits per heavy atom. The van der Waals surface area contributed by atoms with E-state index in [1.165, 1.54) is 12.1 Å². The Morgan fingerprint density at radius 1 is 0.857 bits per heavy atom. The van der Waals surface area contributed by atoms with E-state index >= 15 is 4.79 Å². The summed E-state index contributed by atoms with van der Waals surface area (Å²) in [6.45, 7) is 5.01. The highest BCUT2D eigenvalue weighted by atomic mass is 19.4. The number of rotatable bonds is 14. The largest absolute Gasteiger partial charge is 0.573 e. The highest BCUT2D eigenvalue weighted by molar-refractivity contribution is 6.13. The van der Waals surface area contributed by atoms with Crippen molar-refractivity contribution < 1.29 is 42.8 Å². The molecule has 2 bridgehead atoms. The summed E-state index contributed by atoms with van der Waals surface area (Å²) in [5.74, 6) is -0.711. The van der Waals surface area contributed by atoms with Crippen LogP contribution in [0.15, 0.2) is 139 Å².